The number of hydrogen-bond donors (Lipinski definition) is 2. The van der Waals surface area contributed by atoms with Crippen LogP contribution in [-0.4, -0.2) is 30.4 Å². The number of Topliss-reactive ketones (excluding diaryl/α,β-unsaturated/α-hetero) is 1. The van der Waals surface area contributed by atoms with Crippen LogP contribution < -0.4 is 5.32 Å². The van der Waals surface area contributed by atoms with Crippen molar-refractivity contribution < 1.29 is 19.6 Å². The Bertz CT molecular complexity index is 815. The van der Waals surface area contributed by atoms with Crippen LogP contribution in [0.1, 0.15) is 50.6 Å². The average molecular weight is 384 g/mol. The third-order valence-corrected chi connectivity index (χ3v) is 4.78. The van der Waals surface area contributed by atoms with Gasteiger partial charge in [0, 0.05) is 16.3 Å². The predicted octanol–water partition coefficient (Wildman–Crippen LogP) is 3.23. The summed E-state index contributed by atoms with van der Waals surface area (Å²) in [5, 5.41) is 3.04. The quantitative estimate of drug-likeness (QED) is 0.593. The van der Waals surface area contributed by atoms with Crippen molar-refractivity contribution in [3.8, 4) is 0 Å². The molecule has 3 N–H and O–H groups in total. The Hall–Kier alpha value is -1.82. The van der Waals surface area contributed by atoms with E-state index in [2.05, 4.69) is 4.98 Å². The Morgan fingerprint density at radius 2 is 1.96 bits per heavy atom. The highest BCUT2D eigenvalue weighted by atomic mass is 35.5. The summed E-state index contributed by atoms with van der Waals surface area (Å²) in [5.41, 5.74) is 3.00. The second kappa shape index (κ2) is 8.04. The van der Waals surface area contributed by atoms with E-state index in [-0.39, 0.29) is 18.4 Å². The minimum atomic E-state index is -0.449. The maximum Gasteiger partial charge on any atom is 0.339 e. The maximum absolute atomic E-state index is 12.5. The molecular weight excluding hydrogens is 363 g/mol. The van der Waals surface area contributed by atoms with Crippen molar-refractivity contribution in [1.29, 1.82) is 0 Å². The lowest BCUT2D eigenvalue weighted by atomic mass is 10.1. The van der Waals surface area contributed by atoms with Crippen molar-refractivity contribution in [2.75, 3.05) is 13.7 Å². The van der Waals surface area contributed by atoms with E-state index in [1.165, 1.54) is 7.11 Å². The number of rotatable bonds is 6. The number of aromatic amines is 1. The molecule has 0 aliphatic heterocycles. The van der Waals surface area contributed by atoms with Gasteiger partial charge < -0.3 is 15.0 Å². The number of aryl methyl sites for hydroxylation is 1. The van der Waals surface area contributed by atoms with E-state index in [0.717, 1.165) is 5.56 Å². The van der Waals surface area contributed by atoms with Crippen LogP contribution in [0.15, 0.2) is 18.2 Å². The lowest BCUT2D eigenvalue weighted by Gasteiger charge is -2.12. The van der Waals surface area contributed by atoms with Gasteiger partial charge in [0.15, 0.2) is 0 Å². The molecule has 2 rings (SSSR count). The molecule has 0 radical (unpaired) electrons. The number of nitrogens with two attached hydrogens (primary N) is 1. The number of carbonyl (C=O) groups excluding carboxylic acids is 2. The first kappa shape index (κ1) is 19.5. The molecule has 1 aromatic heterocycles. The second-order valence-electron chi connectivity index (χ2n) is 5.93. The largest absolute Gasteiger partial charge is 0.465 e. The monoisotopic (exact) mass is 383 g/mol. The molecule has 0 saturated carbocycles. The molecule has 7 heteroatoms. The van der Waals surface area contributed by atoms with Crippen LogP contribution in [0, 0.1) is 13.8 Å². The molecular formula is C18H21Cl2N2O3+. The average Bonchev–Trinajstić information content (AvgIpc) is 2.86. The van der Waals surface area contributed by atoms with Crippen molar-refractivity contribution >= 4 is 35.0 Å². The van der Waals surface area contributed by atoms with Gasteiger partial charge in [0.2, 0.25) is 5.78 Å². The summed E-state index contributed by atoms with van der Waals surface area (Å²) < 4.78 is 4.77. The Morgan fingerprint density at radius 3 is 2.56 bits per heavy atom. The molecule has 2 aromatic rings. The summed E-state index contributed by atoms with van der Waals surface area (Å²) >= 11 is 12.1. The fourth-order valence-electron chi connectivity index (χ4n) is 2.82. The molecule has 1 heterocycles. The molecule has 134 valence electrons. The molecule has 0 aliphatic rings. The third kappa shape index (κ3) is 4.24. The Morgan fingerprint density at radius 1 is 1.28 bits per heavy atom. The van der Waals surface area contributed by atoms with Crippen molar-refractivity contribution in [3.63, 3.8) is 0 Å². The van der Waals surface area contributed by atoms with Gasteiger partial charge in [0.05, 0.1) is 23.4 Å². The molecule has 0 aliphatic carbocycles. The number of nitrogens with one attached hydrogen (secondary N) is 1. The van der Waals surface area contributed by atoms with Gasteiger partial charge in [-0.1, -0.05) is 29.3 Å². The highest BCUT2D eigenvalue weighted by Crippen LogP contribution is 2.24. The molecule has 0 unspecified atom stereocenters. The number of ketones is 1. The first-order chi connectivity index (χ1) is 11.8. The molecule has 1 aromatic carbocycles. The van der Waals surface area contributed by atoms with E-state index in [4.69, 9.17) is 27.9 Å². The number of halogens is 2. The maximum atomic E-state index is 12.5. The fraction of sp³-hybridized carbons (Fsp3) is 0.333. The summed E-state index contributed by atoms with van der Waals surface area (Å²) in [4.78, 5) is 27.4. The smallest absolute Gasteiger partial charge is 0.339 e. The number of esters is 1. The van der Waals surface area contributed by atoms with Gasteiger partial charge in [0.1, 0.15) is 12.6 Å². The summed E-state index contributed by atoms with van der Waals surface area (Å²) in [6.45, 7) is 5.68. The van der Waals surface area contributed by atoms with E-state index in [9.17, 15) is 9.59 Å². The van der Waals surface area contributed by atoms with Gasteiger partial charge in [-0.25, -0.2) is 4.79 Å². The van der Waals surface area contributed by atoms with Gasteiger partial charge in [-0.3, -0.25) is 4.79 Å². The summed E-state index contributed by atoms with van der Waals surface area (Å²) in [5.74, 6) is -0.539. The van der Waals surface area contributed by atoms with Gasteiger partial charge >= 0.3 is 5.97 Å². The molecule has 0 amide bonds. The number of aromatic nitrogens is 1. The van der Waals surface area contributed by atoms with Crippen molar-refractivity contribution in [1.82, 2.24) is 4.98 Å². The third-order valence-electron chi connectivity index (χ3n) is 4.22. The van der Waals surface area contributed by atoms with Crippen LogP contribution in [0.2, 0.25) is 10.0 Å². The number of ether oxygens (including phenoxy) is 1. The molecule has 1 atom stereocenters. The lowest BCUT2D eigenvalue weighted by Crippen LogP contribution is -2.86. The van der Waals surface area contributed by atoms with E-state index in [1.807, 2.05) is 18.3 Å². The zero-order chi connectivity index (χ0) is 18.7. The van der Waals surface area contributed by atoms with Crippen molar-refractivity contribution in [3.05, 3.63) is 56.3 Å². The number of H-pyrrole nitrogens is 1. The number of quaternary nitrogens is 1. The molecule has 0 bridgehead atoms. The molecule has 5 nitrogen and oxygen atoms in total. The van der Waals surface area contributed by atoms with E-state index < -0.39 is 5.97 Å². The van der Waals surface area contributed by atoms with Crippen LogP contribution >= 0.6 is 23.2 Å². The summed E-state index contributed by atoms with van der Waals surface area (Å²) in [6.07, 6.45) is 0. The van der Waals surface area contributed by atoms with E-state index in [1.54, 1.807) is 26.0 Å². The predicted molar refractivity (Wildman–Crippen MR) is 97.6 cm³/mol. The fourth-order valence-corrected chi connectivity index (χ4v) is 3.40. The number of carbonyl (C=O) groups is 2. The van der Waals surface area contributed by atoms with Gasteiger partial charge in [-0.15, -0.1) is 0 Å². The van der Waals surface area contributed by atoms with Crippen molar-refractivity contribution in [2.24, 2.45) is 0 Å². The first-order valence-electron chi connectivity index (χ1n) is 7.85. The van der Waals surface area contributed by atoms with Gasteiger partial charge in [-0.2, -0.15) is 0 Å². The SMILES string of the molecule is COC(=O)c1c(C)[nH]c(C(=O)C[NH2+][C@@H](C)c2ccc(Cl)cc2Cl)c1C. The standard InChI is InChI=1S/C18H20Cl2N2O3/c1-9-16(18(24)25-4)11(3)22-17(9)15(23)8-21-10(2)13-6-5-12(19)7-14(13)20/h5-7,10,21-22H,8H2,1-4H3/p+1/t10-/m0/s1. The number of methoxy groups -OCH3 is 1. The van der Waals surface area contributed by atoms with Crippen LogP contribution in [0.4, 0.5) is 0 Å². The van der Waals surface area contributed by atoms with Crippen LogP contribution in [0.25, 0.3) is 0 Å². The van der Waals surface area contributed by atoms with E-state index >= 15 is 0 Å². The Labute approximate surface area is 156 Å². The minimum Gasteiger partial charge on any atom is -0.465 e. The van der Waals surface area contributed by atoms with Gasteiger partial charge in [-0.05, 0) is 38.5 Å². The normalized spacial score (nSPS) is 12.1. The second-order valence-corrected chi connectivity index (χ2v) is 6.78. The van der Waals surface area contributed by atoms with Crippen LogP contribution in [0.5, 0.6) is 0 Å². The minimum absolute atomic E-state index is 0.00911. The van der Waals surface area contributed by atoms with Crippen LogP contribution in [0.3, 0.4) is 0 Å². The topological polar surface area (TPSA) is 75.8 Å². The van der Waals surface area contributed by atoms with Crippen LogP contribution in [-0.2, 0) is 4.74 Å². The number of benzene rings is 1. The lowest BCUT2D eigenvalue weighted by molar-refractivity contribution is -0.681. The van der Waals surface area contributed by atoms with Crippen molar-refractivity contribution in [2.45, 2.75) is 26.8 Å². The summed E-state index contributed by atoms with van der Waals surface area (Å²) in [6, 6.07) is 5.31. The first-order valence-corrected chi connectivity index (χ1v) is 8.60. The van der Waals surface area contributed by atoms with E-state index in [0.29, 0.717) is 32.6 Å². The molecule has 0 spiro atoms. The zero-order valence-electron chi connectivity index (χ0n) is 14.6. The zero-order valence-corrected chi connectivity index (χ0v) is 16.1. The summed E-state index contributed by atoms with van der Waals surface area (Å²) in [7, 11) is 1.32. The number of hydrogen-bond acceptors (Lipinski definition) is 3. The molecule has 0 fully saturated rings. The molecule has 25 heavy (non-hydrogen) atoms. The highest BCUT2D eigenvalue weighted by molar-refractivity contribution is 6.35. The highest BCUT2D eigenvalue weighted by Gasteiger charge is 2.24. The van der Waals surface area contributed by atoms with Gasteiger partial charge in [0.25, 0.3) is 0 Å². The molecule has 0 saturated heterocycles. The Kier molecular flexibility index (Phi) is 6.27. The Balaban J connectivity index is 2.11.